The zero-order chi connectivity index (χ0) is 17.7. The Morgan fingerprint density at radius 3 is 2.67 bits per heavy atom. The van der Waals surface area contributed by atoms with Gasteiger partial charge in [-0.2, -0.15) is 5.10 Å². The van der Waals surface area contributed by atoms with Gasteiger partial charge in [0.05, 0.1) is 11.4 Å². The van der Waals surface area contributed by atoms with Crippen LogP contribution in [-0.2, 0) is 4.79 Å². The molecule has 6 nitrogen and oxygen atoms in total. The first kappa shape index (κ1) is 18.0. The van der Waals surface area contributed by atoms with Crippen LogP contribution in [0.1, 0.15) is 21.7 Å². The molecule has 0 spiro atoms. The lowest BCUT2D eigenvalue weighted by Crippen LogP contribution is -2.26. The van der Waals surface area contributed by atoms with Crippen molar-refractivity contribution >= 4 is 23.6 Å². The highest BCUT2D eigenvalue weighted by Crippen LogP contribution is 2.17. The molecule has 128 valence electrons. The van der Waals surface area contributed by atoms with E-state index in [-0.39, 0.29) is 17.0 Å². The van der Waals surface area contributed by atoms with Gasteiger partial charge in [0.15, 0.2) is 0 Å². The summed E-state index contributed by atoms with van der Waals surface area (Å²) in [5.41, 5.74) is 2.09. The second kappa shape index (κ2) is 7.96. The first-order valence-electron chi connectivity index (χ1n) is 7.29. The van der Waals surface area contributed by atoms with Gasteiger partial charge in [0, 0.05) is 23.6 Å². The summed E-state index contributed by atoms with van der Waals surface area (Å²) in [7, 11) is 0. The first-order chi connectivity index (χ1) is 11.4. The molecule has 2 N–H and O–H groups in total. The molecule has 8 heteroatoms. The number of benzene rings is 1. The largest absolute Gasteiger partial charge is 0.481 e. The van der Waals surface area contributed by atoms with Crippen molar-refractivity contribution in [3.8, 4) is 5.69 Å². The van der Waals surface area contributed by atoms with Gasteiger partial charge in [-0.05, 0) is 38.1 Å². The van der Waals surface area contributed by atoms with Gasteiger partial charge in [-0.1, -0.05) is 0 Å². The maximum Gasteiger partial charge on any atom is 0.313 e. The average molecular weight is 351 g/mol. The normalized spacial score (nSPS) is 10.6. The minimum Gasteiger partial charge on any atom is -0.481 e. The molecule has 0 saturated heterocycles. The Morgan fingerprint density at radius 1 is 1.33 bits per heavy atom. The zero-order valence-electron chi connectivity index (χ0n) is 13.4. The van der Waals surface area contributed by atoms with E-state index in [9.17, 15) is 14.0 Å². The Balaban J connectivity index is 2.00. The van der Waals surface area contributed by atoms with Crippen molar-refractivity contribution in [3.63, 3.8) is 0 Å². The minimum atomic E-state index is -0.895. The smallest absolute Gasteiger partial charge is 0.313 e. The summed E-state index contributed by atoms with van der Waals surface area (Å²) < 4.78 is 15.8. The van der Waals surface area contributed by atoms with E-state index in [1.165, 1.54) is 34.6 Å². The predicted octanol–water partition coefficient (Wildman–Crippen LogP) is 2.18. The van der Waals surface area contributed by atoms with Crippen molar-refractivity contribution in [2.45, 2.75) is 13.8 Å². The van der Waals surface area contributed by atoms with Gasteiger partial charge in [0.25, 0.3) is 5.91 Å². The lowest BCUT2D eigenvalue weighted by molar-refractivity contribution is -0.133. The third-order valence-corrected chi connectivity index (χ3v) is 4.15. The van der Waals surface area contributed by atoms with Crippen LogP contribution in [0.2, 0.25) is 0 Å². The molecule has 0 aliphatic rings. The summed E-state index contributed by atoms with van der Waals surface area (Å²) in [6, 6.07) is 6.07. The number of aromatic nitrogens is 2. The fraction of sp³-hybridized carbons (Fsp3) is 0.312. The van der Waals surface area contributed by atoms with Crippen molar-refractivity contribution in [3.05, 3.63) is 47.0 Å². The molecule has 0 aliphatic carbocycles. The number of carboxylic acids is 1. The maximum absolute atomic E-state index is 14.3. The summed E-state index contributed by atoms with van der Waals surface area (Å²) >= 11 is 1.21. The summed E-state index contributed by atoms with van der Waals surface area (Å²) in [6.45, 7) is 3.97. The number of hydrogen-bond acceptors (Lipinski definition) is 4. The molecule has 24 heavy (non-hydrogen) atoms. The first-order valence-corrected chi connectivity index (χ1v) is 8.45. The molecule has 0 atom stereocenters. The molecule has 2 rings (SSSR count). The second-order valence-corrected chi connectivity index (χ2v) is 6.31. The molecule has 1 aromatic heterocycles. The van der Waals surface area contributed by atoms with Crippen molar-refractivity contribution in [2.75, 3.05) is 18.1 Å². The fourth-order valence-electron chi connectivity index (χ4n) is 2.19. The topological polar surface area (TPSA) is 84.2 Å². The van der Waals surface area contributed by atoms with Crippen LogP contribution >= 0.6 is 11.8 Å². The van der Waals surface area contributed by atoms with Crippen LogP contribution < -0.4 is 5.32 Å². The molecule has 0 unspecified atom stereocenters. The number of amides is 1. The number of nitrogens with one attached hydrogen (secondary N) is 1. The summed E-state index contributed by atoms with van der Waals surface area (Å²) in [5.74, 6) is -1.36. The Kier molecular flexibility index (Phi) is 5.97. The number of aliphatic carboxylic acids is 1. The number of rotatable bonds is 7. The summed E-state index contributed by atoms with van der Waals surface area (Å²) in [4.78, 5) is 22.4. The molecule has 0 saturated carbocycles. The van der Waals surface area contributed by atoms with Crippen molar-refractivity contribution in [1.82, 2.24) is 15.1 Å². The SMILES string of the molecule is Cc1cc(C)n(-c2ccc(C(=O)NCCSCC(=O)O)cc2F)n1. The van der Waals surface area contributed by atoms with E-state index in [1.807, 2.05) is 19.9 Å². The number of carboxylic acid groups (broad SMARTS) is 1. The fourth-order valence-corrected chi connectivity index (χ4v) is 2.76. The number of halogens is 1. The van der Waals surface area contributed by atoms with Gasteiger partial charge >= 0.3 is 5.97 Å². The third kappa shape index (κ3) is 4.58. The van der Waals surface area contributed by atoms with Gasteiger partial charge < -0.3 is 10.4 Å². The van der Waals surface area contributed by atoms with E-state index in [2.05, 4.69) is 10.4 Å². The minimum absolute atomic E-state index is 0.0121. The molecule has 0 radical (unpaired) electrons. The number of nitrogens with zero attached hydrogens (tertiary/aromatic N) is 2. The molecule has 1 aromatic carbocycles. The van der Waals surface area contributed by atoms with E-state index >= 15 is 0 Å². The lowest BCUT2D eigenvalue weighted by atomic mass is 10.2. The van der Waals surface area contributed by atoms with Gasteiger partial charge in [-0.3, -0.25) is 9.59 Å². The van der Waals surface area contributed by atoms with Crippen LogP contribution in [0.4, 0.5) is 4.39 Å². The monoisotopic (exact) mass is 351 g/mol. The van der Waals surface area contributed by atoms with Gasteiger partial charge in [-0.25, -0.2) is 9.07 Å². The molecule has 0 aliphatic heterocycles. The van der Waals surface area contributed by atoms with Crippen molar-refractivity contribution in [2.24, 2.45) is 0 Å². The standard InChI is InChI=1S/C16H18FN3O3S/c1-10-7-11(2)20(19-10)14-4-3-12(8-13(14)17)16(23)18-5-6-24-9-15(21)22/h3-4,7-8H,5-6,9H2,1-2H3,(H,18,23)(H,21,22). The number of carbonyl (C=O) groups is 2. The molecule has 1 amide bonds. The number of hydrogen-bond donors (Lipinski definition) is 2. The van der Waals surface area contributed by atoms with Crippen LogP contribution in [0.25, 0.3) is 5.69 Å². The molecular weight excluding hydrogens is 333 g/mol. The molecule has 0 bridgehead atoms. The molecule has 2 aromatic rings. The van der Waals surface area contributed by atoms with Crippen LogP contribution in [0, 0.1) is 19.7 Å². The summed E-state index contributed by atoms with van der Waals surface area (Å²) in [5, 5.41) is 15.4. The van der Waals surface area contributed by atoms with E-state index < -0.39 is 17.7 Å². The Bertz CT molecular complexity index is 761. The molecular formula is C16H18FN3O3S. The second-order valence-electron chi connectivity index (χ2n) is 5.21. The number of aryl methyl sites for hydroxylation is 2. The van der Waals surface area contributed by atoms with Crippen LogP contribution in [0.15, 0.2) is 24.3 Å². The van der Waals surface area contributed by atoms with E-state index in [1.54, 1.807) is 0 Å². The summed E-state index contributed by atoms with van der Waals surface area (Å²) in [6.07, 6.45) is 0. The van der Waals surface area contributed by atoms with Crippen LogP contribution in [-0.4, -0.2) is 44.8 Å². The highest BCUT2D eigenvalue weighted by molar-refractivity contribution is 7.99. The maximum atomic E-state index is 14.3. The highest BCUT2D eigenvalue weighted by Gasteiger charge is 2.13. The molecule has 1 heterocycles. The van der Waals surface area contributed by atoms with Gasteiger partial charge in [0.1, 0.15) is 11.5 Å². The van der Waals surface area contributed by atoms with Gasteiger partial charge in [0.2, 0.25) is 0 Å². The zero-order valence-corrected chi connectivity index (χ0v) is 14.2. The Hall–Kier alpha value is -2.35. The van der Waals surface area contributed by atoms with E-state index in [4.69, 9.17) is 5.11 Å². The number of carbonyl (C=O) groups excluding carboxylic acids is 1. The van der Waals surface area contributed by atoms with Crippen molar-refractivity contribution < 1.29 is 19.1 Å². The highest BCUT2D eigenvalue weighted by atomic mass is 32.2. The van der Waals surface area contributed by atoms with Crippen molar-refractivity contribution in [1.29, 1.82) is 0 Å². The Labute approximate surface area is 143 Å². The van der Waals surface area contributed by atoms with Gasteiger partial charge in [-0.15, -0.1) is 11.8 Å². The quantitative estimate of drug-likeness (QED) is 0.747. The van der Waals surface area contributed by atoms with Crippen LogP contribution in [0.3, 0.4) is 0 Å². The average Bonchev–Trinajstić information content (AvgIpc) is 2.84. The predicted molar refractivity (Wildman–Crippen MR) is 90.3 cm³/mol. The van der Waals surface area contributed by atoms with Crippen LogP contribution in [0.5, 0.6) is 0 Å². The third-order valence-electron chi connectivity index (χ3n) is 3.21. The van der Waals surface area contributed by atoms with E-state index in [0.717, 1.165) is 11.4 Å². The number of thioether (sulfide) groups is 1. The lowest BCUT2D eigenvalue weighted by Gasteiger charge is -2.09. The van der Waals surface area contributed by atoms with E-state index in [0.29, 0.717) is 12.3 Å². The Morgan fingerprint density at radius 2 is 2.08 bits per heavy atom. The molecule has 0 fully saturated rings.